The van der Waals surface area contributed by atoms with Crippen molar-refractivity contribution in [2.24, 2.45) is 0 Å². The number of methoxy groups -OCH3 is 1. The highest BCUT2D eigenvalue weighted by atomic mass is 19.3. The van der Waals surface area contributed by atoms with E-state index in [2.05, 4.69) is 9.72 Å². The Morgan fingerprint density at radius 2 is 1.96 bits per heavy atom. The van der Waals surface area contributed by atoms with Crippen molar-refractivity contribution in [3.63, 3.8) is 0 Å². The highest BCUT2D eigenvalue weighted by molar-refractivity contribution is 6.04. The number of hydrogen-bond donors (Lipinski definition) is 0. The largest absolute Gasteiger partial charge is 0.469 e. The molecule has 0 bridgehead atoms. The summed E-state index contributed by atoms with van der Waals surface area (Å²) in [6, 6.07) is 8.31. The molecule has 1 aliphatic rings. The molecule has 6 heteroatoms. The van der Waals surface area contributed by atoms with E-state index in [-0.39, 0.29) is 12.0 Å². The van der Waals surface area contributed by atoms with Gasteiger partial charge in [-0.05, 0) is 28.8 Å². The zero-order chi connectivity index (χ0) is 17.3. The summed E-state index contributed by atoms with van der Waals surface area (Å²) in [6.07, 6.45) is 2.37. The van der Waals surface area contributed by atoms with Crippen LogP contribution >= 0.6 is 0 Å². The van der Waals surface area contributed by atoms with E-state index in [9.17, 15) is 18.4 Å². The van der Waals surface area contributed by atoms with Gasteiger partial charge in [0.15, 0.2) is 0 Å². The van der Waals surface area contributed by atoms with Crippen molar-refractivity contribution >= 4 is 11.8 Å². The number of rotatable bonds is 3. The fraction of sp³-hybridized carbons (Fsp3) is 0.278. The van der Waals surface area contributed by atoms with Crippen LogP contribution in [-0.4, -0.2) is 29.8 Å². The van der Waals surface area contributed by atoms with Gasteiger partial charge in [0.2, 0.25) is 5.78 Å². The first kappa shape index (κ1) is 16.2. The van der Waals surface area contributed by atoms with Crippen LogP contribution in [-0.2, 0) is 9.53 Å². The molecule has 1 aromatic carbocycles. The van der Waals surface area contributed by atoms with Crippen molar-refractivity contribution in [3.8, 4) is 11.1 Å². The highest BCUT2D eigenvalue weighted by Gasteiger charge is 2.47. The summed E-state index contributed by atoms with van der Waals surface area (Å²) in [5.74, 6) is -6.00. The summed E-state index contributed by atoms with van der Waals surface area (Å²) < 4.78 is 32.6. The van der Waals surface area contributed by atoms with Crippen molar-refractivity contribution in [3.05, 3.63) is 53.9 Å². The lowest BCUT2D eigenvalue weighted by molar-refractivity contribution is -0.141. The van der Waals surface area contributed by atoms with Gasteiger partial charge in [-0.3, -0.25) is 14.6 Å². The Balaban J connectivity index is 2.08. The lowest BCUT2D eigenvalue weighted by Crippen LogP contribution is -2.37. The first-order valence-corrected chi connectivity index (χ1v) is 7.46. The number of ether oxygens (including phenoxy) is 1. The molecule has 1 aromatic heterocycles. The second-order valence-corrected chi connectivity index (χ2v) is 5.75. The van der Waals surface area contributed by atoms with E-state index in [4.69, 9.17) is 0 Å². The number of esters is 1. The van der Waals surface area contributed by atoms with E-state index in [1.54, 1.807) is 36.7 Å². The Bertz CT molecular complexity index is 790. The van der Waals surface area contributed by atoms with Crippen molar-refractivity contribution in [2.45, 2.75) is 24.7 Å². The zero-order valence-corrected chi connectivity index (χ0v) is 13.0. The lowest BCUT2D eigenvalue weighted by Gasteiger charge is -2.30. The molecular formula is C18H15F2NO3. The standard InChI is InChI=1S/C18H15F2NO3/c1-24-16(22)9-13-10-18(19,20)17(23)14-3-2-12(8-15(13)14)11-4-6-21-7-5-11/h2-8,13H,9-10H2,1H3. The average molecular weight is 331 g/mol. The number of nitrogens with zero attached hydrogens (tertiary/aromatic N) is 1. The Morgan fingerprint density at radius 3 is 2.62 bits per heavy atom. The Labute approximate surface area is 137 Å². The molecule has 24 heavy (non-hydrogen) atoms. The zero-order valence-electron chi connectivity index (χ0n) is 13.0. The van der Waals surface area contributed by atoms with Crippen molar-refractivity contribution in [2.75, 3.05) is 7.11 Å². The molecule has 1 heterocycles. The van der Waals surface area contributed by atoms with E-state index < -0.39 is 30.0 Å². The maximum atomic E-state index is 14.0. The molecule has 1 aliphatic carbocycles. The third kappa shape index (κ3) is 2.91. The van der Waals surface area contributed by atoms with E-state index in [0.29, 0.717) is 5.56 Å². The second-order valence-electron chi connectivity index (χ2n) is 5.75. The molecule has 0 N–H and O–H groups in total. The van der Waals surface area contributed by atoms with Gasteiger partial charge in [0, 0.05) is 30.3 Å². The summed E-state index contributed by atoms with van der Waals surface area (Å²) in [5.41, 5.74) is 2.07. The van der Waals surface area contributed by atoms with Crippen molar-refractivity contribution in [1.29, 1.82) is 0 Å². The van der Waals surface area contributed by atoms with E-state index >= 15 is 0 Å². The van der Waals surface area contributed by atoms with Gasteiger partial charge in [-0.15, -0.1) is 0 Å². The molecule has 0 amide bonds. The number of ketones is 1. The quantitative estimate of drug-likeness (QED) is 0.806. The second kappa shape index (κ2) is 6.11. The SMILES string of the molecule is COC(=O)CC1CC(F)(F)C(=O)c2ccc(-c3ccncc3)cc21. The van der Waals surface area contributed by atoms with Crippen LogP contribution in [0.1, 0.15) is 34.7 Å². The summed E-state index contributed by atoms with van der Waals surface area (Å²) in [6.45, 7) is 0. The number of hydrogen-bond acceptors (Lipinski definition) is 4. The van der Waals surface area contributed by atoms with E-state index in [0.717, 1.165) is 11.1 Å². The van der Waals surface area contributed by atoms with E-state index in [1.807, 2.05) is 0 Å². The maximum absolute atomic E-state index is 14.0. The third-order valence-corrected chi connectivity index (χ3v) is 4.23. The molecule has 1 unspecified atom stereocenters. The minimum absolute atomic E-state index is 0.0297. The summed E-state index contributed by atoms with van der Waals surface area (Å²) in [5, 5.41) is 0. The minimum Gasteiger partial charge on any atom is -0.469 e. The van der Waals surface area contributed by atoms with Crippen LogP contribution in [0.3, 0.4) is 0 Å². The maximum Gasteiger partial charge on any atom is 0.310 e. The Hall–Kier alpha value is -2.63. The van der Waals surface area contributed by atoms with Crippen molar-refractivity contribution in [1.82, 2.24) is 4.98 Å². The molecule has 0 aliphatic heterocycles. The highest BCUT2D eigenvalue weighted by Crippen LogP contribution is 2.43. The number of aromatic nitrogens is 1. The van der Waals surface area contributed by atoms with Crippen LogP contribution in [0.2, 0.25) is 0 Å². The summed E-state index contributed by atoms with van der Waals surface area (Å²) in [7, 11) is 1.21. The molecule has 4 nitrogen and oxygen atoms in total. The Kier molecular flexibility index (Phi) is 4.13. The third-order valence-electron chi connectivity index (χ3n) is 4.23. The molecular weight excluding hydrogens is 316 g/mol. The normalized spacial score (nSPS) is 18.8. The predicted molar refractivity (Wildman–Crippen MR) is 82.9 cm³/mol. The number of Topliss-reactive ketones (excluding diaryl/α,β-unsaturated/α-hetero) is 1. The fourth-order valence-electron chi connectivity index (χ4n) is 3.01. The smallest absolute Gasteiger partial charge is 0.310 e. The summed E-state index contributed by atoms with van der Waals surface area (Å²) in [4.78, 5) is 27.5. The molecule has 0 saturated heterocycles. The first-order chi connectivity index (χ1) is 11.4. The number of pyridine rings is 1. The molecule has 124 valence electrons. The Morgan fingerprint density at radius 1 is 1.25 bits per heavy atom. The molecule has 1 atom stereocenters. The number of benzene rings is 1. The number of halogens is 2. The molecule has 2 aromatic rings. The predicted octanol–water partition coefficient (Wildman–Crippen LogP) is 3.62. The van der Waals surface area contributed by atoms with Crippen LogP contribution in [0.25, 0.3) is 11.1 Å². The number of carbonyl (C=O) groups is 2. The molecule has 3 rings (SSSR count). The minimum atomic E-state index is -3.47. The molecule has 0 saturated carbocycles. The van der Waals surface area contributed by atoms with Gasteiger partial charge in [-0.2, -0.15) is 8.78 Å². The molecule has 0 radical (unpaired) electrons. The number of fused-ring (bicyclic) bond motifs is 1. The van der Waals surface area contributed by atoms with Gasteiger partial charge >= 0.3 is 11.9 Å². The summed E-state index contributed by atoms with van der Waals surface area (Å²) >= 11 is 0. The van der Waals surface area contributed by atoms with Crippen LogP contribution in [0, 0.1) is 0 Å². The molecule has 0 spiro atoms. The average Bonchev–Trinajstić information content (AvgIpc) is 2.59. The topological polar surface area (TPSA) is 56.3 Å². The van der Waals surface area contributed by atoms with Gasteiger partial charge in [0.1, 0.15) is 0 Å². The monoisotopic (exact) mass is 331 g/mol. The molecule has 0 fully saturated rings. The first-order valence-electron chi connectivity index (χ1n) is 7.46. The van der Waals surface area contributed by atoms with Crippen LogP contribution < -0.4 is 0 Å². The van der Waals surface area contributed by atoms with Crippen LogP contribution in [0.4, 0.5) is 8.78 Å². The van der Waals surface area contributed by atoms with Gasteiger partial charge in [-0.25, -0.2) is 0 Å². The van der Waals surface area contributed by atoms with Gasteiger partial charge < -0.3 is 4.74 Å². The fourth-order valence-corrected chi connectivity index (χ4v) is 3.01. The van der Waals surface area contributed by atoms with E-state index in [1.165, 1.54) is 13.2 Å². The van der Waals surface area contributed by atoms with Crippen LogP contribution in [0.5, 0.6) is 0 Å². The number of alkyl halides is 2. The van der Waals surface area contributed by atoms with Crippen LogP contribution in [0.15, 0.2) is 42.7 Å². The number of carbonyl (C=O) groups excluding carboxylic acids is 2. The van der Waals surface area contributed by atoms with Crippen molar-refractivity contribution < 1.29 is 23.1 Å². The van der Waals surface area contributed by atoms with Gasteiger partial charge in [-0.1, -0.05) is 18.2 Å². The lowest BCUT2D eigenvalue weighted by atomic mass is 9.77. The van der Waals surface area contributed by atoms with Gasteiger partial charge in [0.05, 0.1) is 13.5 Å². The van der Waals surface area contributed by atoms with Gasteiger partial charge in [0.25, 0.3) is 0 Å².